The normalized spacial score (nSPS) is 26.5. The van der Waals surface area contributed by atoms with Crippen molar-refractivity contribution in [2.45, 2.75) is 46.0 Å². The molecule has 0 aromatic heterocycles. The van der Waals surface area contributed by atoms with Crippen LogP contribution in [0.1, 0.15) is 45.2 Å². The SMILES string of the molecule is Cc1ccc(CC2CCC(C)CC2)cc1.[HH]. The summed E-state index contributed by atoms with van der Waals surface area (Å²) in [4.78, 5) is 0. The summed E-state index contributed by atoms with van der Waals surface area (Å²) in [7, 11) is 0. The number of aryl methyl sites for hydroxylation is 1. The maximum atomic E-state index is 2.39. The molecule has 15 heavy (non-hydrogen) atoms. The van der Waals surface area contributed by atoms with Gasteiger partial charge in [-0.2, -0.15) is 0 Å². The molecular formula is C15H24. The van der Waals surface area contributed by atoms with Crippen molar-refractivity contribution in [3.63, 3.8) is 0 Å². The summed E-state index contributed by atoms with van der Waals surface area (Å²) in [5.74, 6) is 1.92. The maximum Gasteiger partial charge on any atom is 0 e. The van der Waals surface area contributed by atoms with E-state index in [9.17, 15) is 0 Å². The molecule has 0 N–H and O–H groups in total. The van der Waals surface area contributed by atoms with Gasteiger partial charge in [-0.3, -0.25) is 0 Å². The topological polar surface area (TPSA) is 0 Å². The van der Waals surface area contributed by atoms with E-state index in [4.69, 9.17) is 0 Å². The number of benzene rings is 1. The second kappa shape index (κ2) is 4.83. The average Bonchev–Trinajstić information content (AvgIpc) is 2.25. The molecule has 0 radical (unpaired) electrons. The summed E-state index contributed by atoms with van der Waals surface area (Å²) in [6.07, 6.45) is 7.06. The molecule has 0 atom stereocenters. The fourth-order valence-corrected chi connectivity index (χ4v) is 2.59. The molecule has 0 nitrogen and oxygen atoms in total. The van der Waals surface area contributed by atoms with Crippen LogP contribution in [0.5, 0.6) is 0 Å². The van der Waals surface area contributed by atoms with Crippen LogP contribution < -0.4 is 0 Å². The molecule has 2 rings (SSSR count). The fraction of sp³-hybridized carbons (Fsp3) is 0.600. The van der Waals surface area contributed by atoms with E-state index >= 15 is 0 Å². The molecule has 0 bridgehead atoms. The van der Waals surface area contributed by atoms with Crippen molar-refractivity contribution in [2.75, 3.05) is 0 Å². The van der Waals surface area contributed by atoms with Crippen LogP contribution in [0, 0.1) is 18.8 Å². The van der Waals surface area contributed by atoms with Gasteiger partial charge in [-0.25, -0.2) is 0 Å². The fourth-order valence-electron chi connectivity index (χ4n) is 2.59. The Morgan fingerprint density at radius 1 is 1.07 bits per heavy atom. The van der Waals surface area contributed by atoms with Gasteiger partial charge in [0, 0.05) is 1.43 Å². The van der Waals surface area contributed by atoms with Crippen LogP contribution in [0.3, 0.4) is 0 Å². The summed E-state index contributed by atoms with van der Waals surface area (Å²) in [5, 5.41) is 0. The maximum absolute atomic E-state index is 2.39. The quantitative estimate of drug-likeness (QED) is 0.660. The highest BCUT2D eigenvalue weighted by molar-refractivity contribution is 5.21. The molecule has 0 heterocycles. The predicted molar refractivity (Wildman–Crippen MR) is 68.1 cm³/mol. The molecule has 0 saturated heterocycles. The Hall–Kier alpha value is -0.780. The summed E-state index contributed by atoms with van der Waals surface area (Å²) in [5.41, 5.74) is 2.90. The van der Waals surface area contributed by atoms with Crippen LogP contribution in [-0.4, -0.2) is 0 Å². The van der Waals surface area contributed by atoms with Gasteiger partial charge in [0.15, 0.2) is 0 Å². The van der Waals surface area contributed by atoms with E-state index in [0.717, 1.165) is 11.8 Å². The standard InChI is InChI=1S/C15H22.H2/c1-12-3-7-14(8-4-12)11-15-9-5-13(2)6-10-15;/h3-4,7-8,13,15H,5-6,9-11H2,1-2H3;1H. The molecule has 0 heteroatoms. The highest BCUT2D eigenvalue weighted by Gasteiger charge is 2.18. The lowest BCUT2D eigenvalue weighted by atomic mass is 9.80. The van der Waals surface area contributed by atoms with Gasteiger partial charge in [0.1, 0.15) is 0 Å². The minimum atomic E-state index is 0. The van der Waals surface area contributed by atoms with Crippen molar-refractivity contribution in [3.8, 4) is 0 Å². The monoisotopic (exact) mass is 204 g/mol. The van der Waals surface area contributed by atoms with Crippen molar-refractivity contribution in [1.29, 1.82) is 0 Å². The van der Waals surface area contributed by atoms with Crippen molar-refractivity contribution >= 4 is 0 Å². The molecule has 1 aromatic carbocycles. The highest BCUT2D eigenvalue weighted by Crippen LogP contribution is 2.30. The third-order valence-electron chi connectivity index (χ3n) is 3.78. The van der Waals surface area contributed by atoms with Crippen LogP contribution in [-0.2, 0) is 6.42 Å². The van der Waals surface area contributed by atoms with E-state index < -0.39 is 0 Å². The Kier molecular flexibility index (Phi) is 3.45. The third-order valence-corrected chi connectivity index (χ3v) is 3.78. The van der Waals surface area contributed by atoms with Gasteiger partial charge in [-0.1, -0.05) is 49.6 Å². The Morgan fingerprint density at radius 3 is 2.27 bits per heavy atom. The van der Waals surface area contributed by atoms with E-state index in [2.05, 4.69) is 38.1 Å². The van der Waals surface area contributed by atoms with Crippen LogP contribution in [0.2, 0.25) is 0 Å². The molecular weight excluding hydrogens is 180 g/mol. The van der Waals surface area contributed by atoms with E-state index in [1.807, 2.05) is 0 Å². The Bertz CT molecular complexity index is 294. The van der Waals surface area contributed by atoms with Crippen LogP contribution in [0.15, 0.2) is 24.3 Å². The first-order valence-corrected chi connectivity index (χ1v) is 6.29. The molecule has 0 amide bonds. The number of hydrogen-bond donors (Lipinski definition) is 0. The summed E-state index contributed by atoms with van der Waals surface area (Å²) in [6, 6.07) is 9.07. The van der Waals surface area contributed by atoms with Gasteiger partial charge in [0.05, 0.1) is 0 Å². The lowest BCUT2D eigenvalue weighted by Crippen LogP contribution is -2.14. The van der Waals surface area contributed by atoms with Crippen molar-refractivity contribution in [1.82, 2.24) is 0 Å². The first kappa shape index (κ1) is 10.7. The first-order valence-electron chi connectivity index (χ1n) is 6.29. The number of rotatable bonds is 2. The predicted octanol–water partition coefficient (Wildman–Crippen LogP) is 4.61. The zero-order valence-corrected chi connectivity index (χ0v) is 10.00. The first-order chi connectivity index (χ1) is 7.24. The lowest BCUT2D eigenvalue weighted by molar-refractivity contribution is 0.289. The van der Waals surface area contributed by atoms with Crippen molar-refractivity contribution in [2.24, 2.45) is 11.8 Å². The summed E-state index contributed by atoms with van der Waals surface area (Å²) < 4.78 is 0. The molecule has 1 aliphatic rings. The minimum Gasteiger partial charge on any atom is -0.0625 e. The molecule has 0 unspecified atom stereocenters. The zero-order valence-electron chi connectivity index (χ0n) is 10.00. The Balaban J connectivity index is 0.00000128. The van der Waals surface area contributed by atoms with Crippen molar-refractivity contribution in [3.05, 3.63) is 35.4 Å². The van der Waals surface area contributed by atoms with Gasteiger partial charge in [-0.15, -0.1) is 0 Å². The highest BCUT2D eigenvalue weighted by atomic mass is 14.2. The minimum absolute atomic E-state index is 0. The van der Waals surface area contributed by atoms with E-state index in [1.165, 1.54) is 43.2 Å². The Morgan fingerprint density at radius 2 is 1.67 bits per heavy atom. The van der Waals surface area contributed by atoms with Gasteiger partial charge in [0.25, 0.3) is 0 Å². The van der Waals surface area contributed by atoms with Gasteiger partial charge < -0.3 is 0 Å². The van der Waals surface area contributed by atoms with Crippen LogP contribution in [0.4, 0.5) is 0 Å². The molecule has 1 aromatic rings. The third kappa shape index (κ3) is 3.09. The van der Waals surface area contributed by atoms with Crippen LogP contribution in [0.25, 0.3) is 0 Å². The number of hydrogen-bond acceptors (Lipinski definition) is 0. The van der Waals surface area contributed by atoms with Gasteiger partial charge in [-0.05, 0) is 43.6 Å². The summed E-state index contributed by atoms with van der Waals surface area (Å²) >= 11 is 0. The molecule has 0 aliphatic heterocycles. The Labute approximate surface area is 95.2 Å². The van der Waals surface area contributed by atoms with E-state index in [-0.39, 0.29) is 1.43 Å². The van der Waals surface area contributed by atoms with Gasteiger partial charge in [0.2, 0.25) is 0 Å². The summed E-state index contributed by atoms with van der Waals surface area (Å²) in [6.45, 7) is 4.55. The molecule has 84 valence electrons. The van der Waals surface area contributed by atoms with E-state index in [0.29, 0.717) is 0 Å². The second-order valence-corrected chi connectivity index (χ2v) is 5.32. The molecule has 1 saturated carbocycles. The lowest BCUT2D eigenvalue weighted by Gasteiger charge is -2.26. The average molecular weight is 204 g/mol. The van der Waals surface area contributed by atoms with E-state index in [1.54, 1.807) is 0 Å². The van der Waals surface area contributed by atoms with Crippen molar-refractivity contribution < 1.29 is 1.43 Å². The van der Waals surface area contributed by atoms with Gasteiger partial charge >= 0.3 is 0 Å². The van der Waals surface area contributed by atoms with Crippen LogP contribution >= 0.6 is 0 Å². The zero-order chi connectivity index (χ0) is 10.7. The molecule has 1 aliphatic carbocycles. The molecule has 1 fully saturated rings. The second-order valence-electron chi connectivity index (χ2n) is 5.32. The smallest absolute Gasteiger partial charge is 0 e. The molecule has 0 spiro atoms. The largest absolute Gasteiger partial charge is 0.0625 e.